The van der Waals surface area contributed by atoms with Gasteiger partial charge in [0.25, 0.3) is 5.91 Å². The molecule has 0 radical (unpaired) electrons. The Morgan fingerprint density at radius 3 is 2.53 bits per heavy atom. The fourth-order valence-electron chi connectivity index (χ4n) is 3.08. The third-order valence-electron chi connectivity index (χ3n) is 4.76. The molecule has 1 N–H and O–H groups in total. The predicted octanol–water partition coefficient (Wildman–Crippen LogP) is 4.01. The molecule has 0 bridgehead atoms. The third kappa shape index (κ3) is 6.50. The van der Waals surface area contributed by atoms with Crippen LogP contribution < -0.4 is 19.6 Å². The predicted molar refractivity (Wildman–Crippen MR) is 133 cm³/mol. The average molecular weight is 484 g/mol. The highest BCUT2D eigenvalue weighted by Crippen LogP contribution is 2.32. The smallest absolute Gasteiger partial charge is 0.250 e. The molecule has 0 fully saturated rings. The first-order chi connectivity index (χ1) is 16.6. The van der Waals surface area contributed by atoms with Gasteiger partial charge in [-0.1, -0.05) is 18.7 Å². The van der Waals surface area contributed by atoms with E-state index in [4.69, 9.17) is 14.2 Å². The van der Waals surface area contributed by atoms with Crippen LogP contribution in [0.15, 0.2) is 52.7 Å². The van der Waals surface area contributed by atoms with E-state index in [9.17, 15) is 4.79 Å². The normalized spacial score (nSPS) is 10.9. The quantitative estimate of drug-likeness (QED) is 0.236. The van der Waals surface area contributed by atoms with E-state index in [-0.39, 0.29) is 11.7 Å². The molecular formula is C24H29N5O4S. The number of hydrogen-bond acceptors (Lipinski definition) is 8. The third-order valence-corrected chi connectivity index (χ3v) is 5.73. The Kier molecular flexibility index (Phi) is 9.33. The molecule has 0 spiro atoms. The van der Waals surface area contributed by atoms with Crippen molar-refractivity contribution in [2.75, 3.05) is 26.6 Å². The second kappa shape index (κ2) is 12.6. The maximum absolute atomic E-state index is 12.3. The highest BCUT2D eigenvalue weighted by molar-refractivity contribution is 7.99. The number of carbonyl (C=O) groups excluding carboxylic acids is 1. The van der Waals surface area contributed by atoms with Crippen LogP contribution >= 0.6 is 11.8 Å². The highest BCUT2D eigenvalue weighted by atomic mass is 32.2. The maximum atomic E-state index is 12.3. The van der Waals surface area contributed by atoms with Crippen molar-refractivity contribution in [1.29, 1.82) is 0 Å². The molecule has 180 valence electrons. The minimum atomic E-state index is -0.234. The molecule has 0 saturated carbocycles. The largest absolute Gasteiger partial charge is 0.494 e. The van der Waals surface area contributed by atoms with Crippen LogP contribution in [-0.2, 0) is 11.3 Å². The van der Waals surface area contributed by atoms with Crippen molar-refractivity contribution in [3.63, 3.8) is 0 Å². The Morgan fingerprint density at radius 2 is 1.85 bits per heavy atom. The maximum Gasteiger partial charge on any atom is 0.250 e. The second-order valence-electron chi connectivity index (χ2n) is 7.12. The molecule has 1 amide bonds. The number of thioether (sulfide) groups is 1. The van der Waals surface area contributed by atoms with Crippen molar-refractivity contribution in [2.45, 2.75) is 32.0 Å². The SMILES string of the molecule is CCCOc1ccc(C=NNC(=O)CSc2nnc(-c3ccc(OC)c(OC)c3)n2CC)cc1. The summed E-state index contributed by atoms with van der Waals surface area (Å²) in [5, 5.41) is 13.3. The first-order valence-electron chi connectivity index (χ1n) is 10.9. The molecule has 0 aliphatic rings. The zero-order valence-electron chi connectivity index (χ0n) is 19.8. The molecule has 0 aliphatic carbocycles. The lowest BCUT2D eigenvalue weighted by molar-refractivity contribution is -0.118. The van der Waals surface area contributed by atoms with Gasteiger partial charge in [0, 0.05) is 12.1 Å². The Morgan fingerprint density at radius 1 is 1.09 bits per heavy atom. The number of ether oxygens (including phenoxy) is 3. The van der Waals surface area contributed by atoms with Gasteiger partial charge in [-0.05, 0) is 61.4 Å². The fourth-order valence-corrected chi connectivity index (χ4v) is 3.88. The van der Waals surface area contributed by atoms with Crippen molar-refractivity contribution < 1.29 is 19.0 Å². The second-order valence-corrected chi connectivity index (χ2v) is 8.06. The van der Waals surface area contributed by atoms with Gasteiger partial charge in [-0.3, -0.25) is 4.79 Å². The van der Waals surface area contributed by atoms with Crippen molar-refractivity contribution in [1.82, 2.24) is 20.2 Å². The van der Waals surface area contributed by atoms with E-state index in [2.05, 4.69) is 27.6 Å². The Hall–Kier alpha value is -3.53. The number of nitrogens with one attached hydrogen (secondary N) is 1. The summed E-state index contributed by atoms with van der Waals surface area (Å²) in [6, 6.07) is 13.1. The van der Waals surface area contributed by atoms with Crippen LogP contribution in [0.3, 0.4) is 0 Å². The summed E-state index contributed by atoms with van der Waals surface area (Å²) < 4.78 is 18.2. The molecule has 3 aromatic rings. The molecule has 0 aliphatic heterocycles. The van der Waals surface area contributed by atoms with Gasteiger partial charge in [0.1, 0.15) is 5.75 Å². The summed E-state index contributed by atoms with van der Waals surface area (Å²) in [7, 11) is 3.18. The van der Waals surface area contributed by atoms with Crippen molar-refractivity contribution in [3.8, 4) is 28.6 Å². The molecule has 3 rings (SSSR count). The summed E-state index contributed by atoms with van der Waals surface area (Å²) in [6.45, 7) is 5.39. The number of methoxy groups -OCH3 is 2. The van der Waals surface area contributed by atoms with E-state index in [0.717, 1.165) is 23.3 Å². The molecule has 1 aromatic heterocycles. The van der Waals surface area contributed by atoms with Crippen LogP contribution in [0, 0.1) is 0 Å². The van der Waals surface area contributed by atoms with Gasteiger partial charge in [-0.2, -0.15) is 5.10 Å². The molecular weight excluding hydrogens is 454 g/mol. The van der Waals surface area contributed by atoms with Crippen LogP contribution in [0.5, 0.6) is 17.2 Å². The zero-order valence-corrected chi connectivity index (χ0v) is 20.6. The molecule has 34 heavy (non-hydrogen) atoms. The van der Waals surface area contributed by atoms with Gasteiger partial charge in [0.2, 0.25) is 0 Å². The van der Waals surface area contributed by atoms with Crippen molar-refractivity contribution >= 4 is 23.9 Å². The van der Waals surface area contributed by atoms with Gasteiger partial charge in [0.05, 0.1) is 32.8 Å². The zero-order chi connectivity index (χ0) is 24.3. The summed E-state index contributed by atoms with van der Waals surface area (Å²) in [4.78, 5) is 12.3. The molecule has 0 atom stereocenters. The lowest BCUT2D eigenvalue weighted by atomic mass is 10.2. The first-order valence-corrected chi connectivity index (χ1v) is 11.9. The molecule has 9 nitrogen and oxygen atoms in total. The van der Waals surface area contributed by atoms with Gasteiger partial charge in [-0.25, -0.2) is 5.43 Å². The van der Waals surface area contributed by atoms with Crippen LogP contribution in [0.2, 0.25) is 0 Å². The number of rotatable bonds is 12. The first kappa shape index (κ1) is 25.1. The monoisotopic (exact) mass is 483 g/mol. The van der Waals surface area contributed by atoms with Crippen molar-refractivity contribution in [2.24, 2.45) is 5.10 Å². The number of hydrazone groups is 1. The minimum Gasteiger partial charge on any atom is -0.494 e. The van der Waals surface area contributed by atoms with E-state index in [0.29, 0.717) is 35.6 Å². The summed E-state index contributed by atoms with van der Waals surface area (Å²) >= 11 is 1.30. The van der Waals surface area contributed by atoms with Crippen LogP contribution in [-0.4, -0.2) is 53.5 Å². The lowest BCUT2D eigenvalue weighted by Crippen LogP contribution is -2.20. The number of nitrogens with zero attached hydrogens (tertiary/aromatic N) is 4. The molecule has 2 aromatic carbocycles. The lowest BCUT2D eigenvalue weighted by Gasteiger charge is -2.10. The Bertz CT molecular complexity index is 1120. The topological polar surface area (TPSA) is 99.9 Å². The Balaban J connectivity index is 1.58. The van der Waals surface area contributed by atoms with Gasteiger partial charge in [-0.15, -0.1) is 10.2 Å². The van der Waals surface area contributed by atoms with Gasteiger partial charge < -0.3 is 18.8 Å². The van der Waals surface area contributed by atoms with Crippen LogP contribution in [0.1, 0.15) is 25.8 Å². The van der Waals surface area contributed by atoms with Gasteiger partial charge in [0.15, 0.2) is 22.5 Å². The molecule has 1 heterocycles. The fraction of sp³-hybridized carbons (Fsp3) is 0.333. The van der Waals surface area contributed by atoms with Crippen LogP contribution in [0.4, 0.5) is 0 Å². The van der Waals surface area contributed by atoms with E-state index >= 15 is 0 Å². The number of amides is 1. The summed E-state index contributed by atoms with van der Waals surface area (Å²) in [5.41, 5.74) is 4.25. The van der Waals surface area contributed by atoms with E-state index < -0.39 is 0 Å². The molecule has 10 heteroatoms. The van der Waals surface area contributed by atoms with E-state index in [1.165, 1.54) is 11.8 Å². The number of aromatic nitrogens is 3. The number of hydrogen-bond donors (Lipinski definition) is 1. The Labute approximate surface area is 203 Å². The van der Waals surface area contributed by atoms with Gasteiger partial charge >= 0.3 is 0 Å². The standard InChI is InChI=1S/C24H29N5O4S/c1-5-13-33-19-10-7-17(8-11-19)15-25-26-22(30)16-34-24-28-27-23(29(24)6-2)18-9-12-20(31-3)21(14-18)32-4/h7-12,14-15H,5-6,13,16H2,1-4H3,(H,26,30). The average Bonchev–Trinajstić information content (AvgIpc) is 3.29. The summed E-state index contributed by atoms with van der Waals surface area (Å²) in [5.74, 6) is 2.68. The molecule has 0 saturated heterocycles. The number of carbonyl (C=O) groups is 1. The molecule has 0 unspecified atom stereocenters. The van der Waals surface area contributed by atoms with E-state index in [1.54, 1.807) is 20.4 Å². The summed E-state index contributed by atoms with van der Waals surface area (Å²) in [6.07, 6.45) is 2.55. The minimum absolute atomic E-state index is 0.158. The van der Waals surface area contributed by atoms with Crippen molar-refractivity contribution in [3.05, 3.63) is 48.0 Å². The van der Waals surface area contributed by atoms with E-state index in [1.807, 2.05) is 54.0 Å². The number of benzene rings is 2. The van der Waals surface area contributed by atoms with Crippen LogP contribution in [0.25, 0.3) is 11.4 Å². The highest BCUT2D eigenvalue weighted by Gasteiger charge is 2.16.